The van der Waals surface area contributed by atoms with Crippen molar-refractivity contribution in [3.63, 3.8) is 0 Å². The van der Waals surface area contributed by atoms with E-state index in [9.17, 15) is 5.11 Å². The number of hydrogen-bond donors (Lipinski definition) is 1. The molecule has 2 aromatic carbocycles. The number of hydrogen-bond acceptors (Lipinski definition) is 4. The number of ether oxygens (including phenoxy) is 2. The van der Waals surface area contributed by atoms with Crippen molar-refractivity contribution in [2.24, 2.45) is 4.99 Å². The lowest BCUT2D eigenvalue weighted by Gasteiger charge is -2.08. The smallest absolute Gasteiger partial charge is 0.128 e. The maximum atomic E-state index is 10.2. The molecule has 0 atom stereocenters. The maximum absolute atomic E-state index is 10.2. The average molecular weight is 384 g/mol. The first kappa shape index (κ1) is 21.8. The van der Waals surface area contributed by atoms with Crippen LogP contribution in [0.15, 0.2) is 47.5 Å². The minimum atomic E-state index is 0.173. The fraction of sp³-hybridized carbons (Fsp3) is 0.458. The highest BCUT2D eigenvalue weighted by atomic mass is 16.5. The third-order valence-corrected chi connectivity index (χ3v) is 4.43. The molecule has 0 radical (unpaired) electrons. The summed E-state index contributed by atoms with van der Waals surface area (Å²) in [5, 5.41) is 10.2. The predicted octanol–water partition coefficient (Wildman–Crippen LogP) is 6.67. The quantitative estimate of drug-likeness (QED) is 0.310. The Morgan fingerprint density at radius 3 is 2.18 bits per heavy atom. The van der Waals surface area contributed by atoms with Gasteiger partial charge in [-0.2, -0.15) is 0 Å². The molecular formula is C24H33NO3. The van der Waals surface area contributed by atoms with Crippen molar-refractivity contribution in [2.75, 3.05) is 13.2 Å². The van der Waals surface area contributed by atoms with E-state index in [1.54, 1.807) is 12.3 Å². The van der Waals surface area contributed by atoms with E-state index in [2.05, 4.69) is 18.8 Å². The van der Waals surface area contributed by atoms with Crippen LogP contribution in [0.1, 0.15) is 64.4 Å². The molecule has 28 heavy (non-hydrogen) atoms. The largest absolute Gasteiger partial charge is 0.507 e. The number of aromatic hydroxyl groups is 1. The Kier molecular flexibility index (Phi) is 9.98. The molecule has 0 aromatic heterocycles. The fourth-order valence-corrected chi connectivity index (χ4v) is 2.79. The van der Waals surface area contributed by atoms with Crippen LogP contribution in [0.25, 0.3) is 0 Å². The minimum Gasteiger partial charge on any atom is -0.507 e. The Bertz CT molecular complexity index is 710. The Balaban J connectivity index is 1.80. The number of phenols is 1. The standard InChI is InChI=1S/C24H33NO3/c1-3-5-6-7-8-9-17-28-23-13-10-20(24(26)18-23)19-25-21-11-14-22(15-12-21)27-16-4-2/h10-15,18-19,26H,3-9,16-17H2,1-2H3. The summed E-state index contributed by atoms with van der Waals surface area (Å²) in [4.78, 5) is 4.42. The molecule has 2 rings (SSSR count). The van der Waals surface area contributed by atoms with E-state index < -0.39 is 0 Å². The van der Waals surface area contributed by atoms with Crippen LogP contribution in [0.2, 0.25) is 0 Å². The van der Waals surface area contributed by atoms with Gasteiger partial charge < -0.3 is 14.6 Å². The van der Waals surface area contributed by atoms with Gasteiger partial charge >= 0.3 is 0 Å². The van der Waals surface area contributed by atoms with Gasteiger partial charge in [0.05, 0.1) is 18.9 Å². The normalized spacial score (nSPS) is 11.1. The lowest BCUT2D eigenvalue weighted by molar-refractivity contribution is 0.302. The molecule has 4 nitrogen and oxygen atoms in total. The minimum absolute atomic E-state index is 0.173. The monoisotopic (exact) mass is 383 g/mol. The highest BCUT2D eigenvalue weighted by Gasteiger charge is 2.02. The van der Waals surface area contributed by atoms with Crippen molar-refractivity contribution in [3.8, 4) is 17.2 Å². The second kappa shape index (κ2) is 12.8. The lowest BCUT2D eigenvalue weighted by atomic mass is 10.1. The van der Waals surface area contributed by atoms with E-state index in [0.717, 1.165) is 24.3 Å². The van der Waals surface area contributed by atoms with Gasteiger partial charge in [0, 0.05) is 17.8 Å². The number of nitrogens with zero attached hydrogens (tertiary/aromatic N) is 1. The van der Waals surface area contributed by atoms with Crippen molar-refractivity contribution >= 4 is 11.9 Å². The molecule has 0 amide bonds. The van der Waals surface area contributed by atoms with Gasteiger partial charge in [-0.25, -0.2) is 0 Å². The second-order valence-electron chi connectivity index (χ2n) is 6.94. The van der Waals surface area contributed by atoms with Crippen molar-refractivity contribution in [3.05, 3.63) is 48.0 Å². The molecule has 4 heteroatoms. The summed E-state index contributed by atoms with van der Waals surface area (Å²) in [6.45, 7) is 5.70. The van der Waals surface area contributed by atoms with Gasteiger partial charge in [0.15, 0.2) is 0 Å². The highest BCUT2D eigenvalue weighted by molar-refractivity contribution is 5.85. The molecule has 0 aliphatic heterocycles. The molecule has 0 saturated heterocycles. The van der Waals surface area contributed by atoms with Gasteiger partial charge in [-0.1, -0.05) is 46.0 Å². The van der Waals surface area contributed by atoms with Crippen molar-refractivity contribution < 1.29 is 14.6 Å². The third kappa shape index (κ3) is 8.03. The third-order valence-electron chi connectivity index (χ3n) is 4.43. The molecule has 0 heterocycles. The first-order chi connectivity index (χ1) is 13.7. The Labute approximate surface area is 169 Å². The van der Waals surface area contributed by atoms with Gasteiger partial charge in [-0.15, -0.1) is 0 Å². The zero-order valence-electron chi connectivity index (χ0n) is 17.2. The van der Waals surface area contributed by atoms with E-state index in [1.807, 2.05) is 36.4 Å². The summed E-state index contributed by atoms with van der Waals surface area (Å²) in [6, 6.07) is 13.0. The van der Waals surface area contributed by atoms with Crippen LogP contribution in [0.5, 0.6) is 17.2 Å². The summed E-state index contributed by atoms with van der Waals surface area (Å²) in [5.74, 6) is 1.71. The molecule has 0 unspecified atom stereocenters. The zero-order chi connectivity index (χ0) is 20.0. The molecule has 1 N–H and O–H groups in total. The van der Waals surface area contributed by atoms with Crippen LogP contribution in [0, 0.1) is 0 Å². The first-order valence-corrected chi connectivity index (χ1v) is 10.5. The van der Waals surface area contributed by atoms with Crippen LogP contribution in [-0.2, 0) is 0 Å². The molecule has 0 fully saturated rings. The molecule has 2 aromatic rings. The summed E-state index contributed by atoms with van der Waals surface area (Å²) < 4.78 is 11.3. The van der Waals surface area contributed by atoms with Crippen LogP contribution in [-0.4, -0.2) is 24.5 Å². The number of benzene rings is 2. The number of phenolic OH excluding ortho intramolecular Hbond substituents is 1. The second-order valence-corrected chi connectivity index (χ2v) is 6.94. The summed E-state index contributed by atoms with van der Waals surface area (Å²) in [7, 11) is 0. The topological polar surface area (TPSA) is 51.0 Å². The zero-order valence-corrected chi connectivity index (χ0v) is 17.2. The Morgan fingerprint density at radius 1 is 0.786 bits per heavy atom. The summed E-state index contributed by atoms with van der Waals surface area (Å²) >= 11 is 0. The van der Waals surface area contributed by atoms with Crippen molar-refractivity contribution in [1.82, 2.24) is 0 Å². The molecular weight excluding hydrogens is 350 g/mol. The van der Waals surface area contributed by atoms with Crippen LogP contribution >= 0.6 is 0 Å². The molecule has 0 aliphatic rings. The van der Waals surface area contributed by atoms with Gasteiger partial charge in [0.25, 0.3) is 0 Å². The maximum Gasteiger partial charge on any atom is 0.128 e. The SMILES string of the molecule is CCCCCCCCOc1ccc(C=Nc2ccc(OCCC)cc2)c(O)c1. The average Bonchev–Trinajstić information content (AvgIpc) is 2.72. The van der Waals surface area contributed by atoms with Crippen LogP contribution < -0.4 is 9.47 Å². The molecule has 0 aliphatic carbocycles. The fourth-order valence-electron chi connectivity index (χ4n) is 2.79. The van der Waals surface area contributed by atoms with Gasteiger partial charge in [-0.3, -0.25) is 4.99 Å². The van der Waals surface area contributed by atoms with E-state index in [4.69, 9.17) is 9.47 Å². The van der Waals surface area contributed by atoms with Gasteiger partial charge in [0.2, 0.25) is 0 Å². The number of aliphatic imine (C=N–C) groups is 1. The van der Waals surface area contributed by atoms with E-state index in [-0.39, 0.29) is 5.75 Å². The number of unbranched alkanes of at least 4 members (excludes halogenated alkanes) is 5. The molecule has 0 bridgehead atoms. The van der Waals surface area contributed by atoms with Gasteiger partial charge in [-0.05, 0) is 49.2 Å². The first-order valence-electron chi connectivity index (χ1n) is 10.5. The Hall–Kier alpha value is -2.49. The molecule has 0 saturated carbocycles. The molecule has 152 valence electrons. The van der Waals surface area contributed by atoms with Crippen LogP contribution in [0.4, 0.5) is 5.69 Å². The highest BCUT2D eigenvalue weighted by Crippen LogP contribution is 2.24. The van der Waals surface area contributed by atoms with Crippen molar-refractivity contribution in [1.29, 1.82) is 0 Å². The Morgan fingerprint density at radius 2 is 1.46 bits per heavy atom. The predicted molar refractivity (Wildman–Crippen MR) is 116 cm³/mol. The van der Waals surface area contributed by atoms with Crippen LogP contribution in [0.3, 0.4) is 0 Å². The van der Waals surface area contributed by atoms with E-state index >= 15 is 0 Å². The number of rotatable bonds is 13. The van der Waals surface area contributed by atoms with Crippen molar-refractivity contribution in [2.45, 2.75) is 58.8 Å². The van der Waals surface area contributed by atoms with E-state index in [1.165, 1.54) is 32.1 Å². The van der Waals surface area contributed by atoms with E-state index in [0.29, 0.717) is 24.5 Å². The summed E-state index contributed by atoms with van der Waals surface area (Å²) in [6.07, 6.45) is 10.0. The lowest BCUT2D eigenvalue weighted by Crippen LogP contribution is -1.97. The summed E-state index contributed by atoms with van der Waals surface area (Å²) in [5.41, 5.74) is 1.48. The molecule has 0 spiro atoms. The van der Waals surface area contributed by atoms with Gasteiger partial charge in [0.1, 0.15) is 17.2 Å².